The van der Waals surface area contributed by atoms with Gasteiger partial charge < -0.3 is 20.3 Å². The molecule has 28 heavy (non-hydrogen) atoms. The molecule has 2 rings (SSSR count). The normalized spacial score (nSPS) is 10.3. The number of hydrogen-bond donors (Lipinski definition) is 2. The third-order valence-corrected chi connectivity index (χ3v) is 3.83. The summed E-state index contributed by atoms with van der Waals surface area (Å²) in [4.78, 5) is 38.4. The van der Waals surface area contributed by atoms with Crippen molar-refractivity contribution in [3.8, 4) is 0 Å². The van der Waals surface area contributed by atoms with E-state index in [1.54, 1.807) is 18.2 Å². The lowest BCUT2D eigenvalue weighted by atomic mass is 10.2. The fourth-order valence-corrected chi connectivity index (χ4v) is 2.58. The molecule has 148 valence electrons. The van der Waals surface area contributed by atoms with Crippen molar-refractivity contribution in [1.29, 1.82) is 0 Å². The molecule has 0 aliphatic heterocycles. The highest BCUT2D eigenvalue weighted by atomic mass is 16.5. The molecule has 0 heterocycles. The van der Waals surface area contributed by atoms with Crippen molar-refractivity contribution in [1.82, 2.24) is 5.32 Å². The lowest BCUT2D eigenvalue weighted by Gasteiger charge is -2.21. The van der Waals surface area contributed by atoms with Gasteiger partial charge in [-0.05, 0) is 45.0 Å². The van der Waals surface area contributed by atoms with Crippen molar-refractivity contribution >= 4 is 29.3 Å². The van der Waals surface area contributed by atoms with Crippen LogP contribution in [0.5, 0.6) is 0 Å². The molecule has 2 aromatic rings. The lowest BCUT2D eigenvalue weighted by Crippen LogP contribution is -2.35. The minimum Gasteiger partial charge on any atom is -0.452 e. The summed E-state index contributed by atoms with van der Waals surface area (Å²) >= 11 is 0. The SMILES string of the molecule is CCN(C(=O)COC(=O)c1ccccc1NC(=O)NC(C)C)c1ccccc1. The molecule has 7 nitrogen and oxygen atoms in total. The van der Waals surface area contributed by atoms with Gasteiger partial charge in [0, 0.05) is 18.3 Å². The second-order valence-corrected chi connectivity index (χ2v) is 6.35. The van der Waals surface area contributed by atoms with E-state index in [0.717, 1.165) is 5.69 Å². The zero-order valence-electron chi connectivity index (χ0n) is 16.3. The molecule has 7 heteroatoms. The smallest absolute Gasteiger partial charge is 0.340 e. The van der Waals surface area contributed by atoms with E-state index < -0.39 is 18.6 Å². The standard InChI is InChI=1S/C21H25N3O4/c1-4-24(16-10-6-5-7-11-16)19(25)14-28-20(26)17-12-8-9-13-18(17)23-21(27)22-15(2)3/h5-13,15H,4,14H2,1-3H3,(H2,22,23,27). The number of likely N-dealkylation sites (N-methyl/N-ethyl adjacent to an activating group) is 1. The maximum atomic E-state index is 12.5. The molecular formula is C21H25N3O4. The van der Waals surface area contributed by atoms with Crippen molar-refractivity contribution < 1.29 is 19.1 Å². The van der Waals surface area contributed by atoms with Crippen LogP contribution in [-0.4, -0.2) is 37.1 Å². The number of hydrogen-bond acceptors (Lipinski definition) is 4. The molecule has 0 aromatic heterocycles. The predicted octanol–water partition coefficient (Wildman–Crippen LogP) is 3.43. The lowest BCUT2D eigenvalue weighted by molar-refractivity contribution is -0.121. The average molecular weight is 383 g/mol. The molecule has 0 spiro atoms. The zero-order chi connectivity index (χ0) is 20.5. The van der Waals surface area contributed by atoms with Gasteiger partial charge >= 0.3 is 12.0 Å². The van der Waals surface area contributed by atoms with Crippen molar-refractivity contribution in [2.45, 2.75) is 26.8 Å². The molecule has 2 aromatic carbocycles. The number of rotatable bonds is 7. The maximum absolute atomic E-state index is 12.5. The number of amides is 3. The Labute approximate surface area is 164 Å². The van der Waals surface area contributed by atoms with Crippen LogP contribution in [0.2, 0.25) is 0 Å². The largest absolute Gasteiger partial charge is 0.452 e. The first-order valence-corrected chi connectivity index (χ1v) is 9.11. The van der Waals surface area contributed by atoms with Crippen LogP contribution < -0.4 is 15.5 Å². The van der Waals surface area contributed by atoms with Crippen LogP contribution in [0.3, 0.4) is 0 Å². The van der Waals surface area contributed by atoms with E-state index in [4.69, 9.17) is 4.74 Å². The molecule has 0 aliphatic carbocycles. The zero-order valence-corrected chi connectivity index (χ0v) is 16.3. The van der Waals surface area contributed by atoms with Crippen molar-refractivity contribution in [2.75, 3.05) is 23.4 Å². The van der Waals surface area contributed by atoms with E-state index >= 15 is 0 Å². The maximum Gasteiger partial charge on any atom is 0.340 e. The van der Waals surface area contributed by atoms with Crippen LogP contribution in [0.15, 0.2) is 54.6 Å². The van der Waals surface area contributed by atoms with Gasteiger partial charge in [0.05, 0.1) is 11.3 Å². The van der Waals surface area contributed by atoms with Gasteiger partial charge in [-0.2, -0.15) is 0 Å². The first-order valence-electron chi connectivity index (χ1n) is 9.11. The summed E-state index contributed by atoms with van der Waals surface area (Å²) in [6, 6.07) is 15.2. The summed E-state index contributed by atoms with van der Waals surface area (Å²) in [5, 5.41) is 5.31. The molecule has 0 bridgehead atoms. The summed E-state index contributed by atoms with van der Waals surface area (Å²) in [7, 11) is 0. The first kappa shape index (κ1) is 21.0. The molecule has 0 saturated heterocycles. The molecule has 0 aliphatic rings. The Bertz CT molecular complexity index is 821. The second kappa shape index (κ2) is 10.1. The summed E-state index contributed by atoms with van der Waals surface area (Å²) in [5.41, 5.74) is 1.23. The van der Waals surface area contributed by atoms with Crippen molar-refractivity contribution in [3.63, 3.8) is 0 Å². The molecule has 0 fully saturated rings. The Morgan fingerprint density at radius 2 is 1.64 bits per heavy atom. The van der Waals surface area contributed by atoms with E-state index in [0.29, 0.717) is 12.2 Å². The fourth-order valence-electron chi connectivity index (χ4n) is 2.58. The molecule has 0 radical (unpaired) electrons. The minimum absolute atomic E-state index is 0.0465. The van der Waals surface area contributed by atoms with E-state index in [-0.39, 0.29) is 17.5 Å². The summed E-state index contributed by atoms with van der Waals surface area (Å²) in [5.74, 6) is -1.01. The van der Waals surface area contributed by atoms with E-state index in [2.05, 4.69) is 10.6 Å². The van der Waals surface area contributed by atoms with E-state index in [1.807, 2.05) is 51.1 Å². The number of benzene rings is 2. The van der Waals surface area contributed by atoms with Gasteiger partial charge in [-0.25, -0.2) is 9.59 Å². The summed E-state index contributed by atoms with van der Waals surface area (Å²) in [6.45, 7) is 5.57. The van der Waals surface area contributed by atoms with Gasteiger partial charge in [0.1, 0.15) is 0 Å². The van der Waals surface area contributed by atoms with Crippen LogP contribution in [0.4, 0.5) is 16.2 Å². The predicted molar refractivity (Wildman–Crippen MR) is 108 cm³/mol. The molecule has 2 N–H and O–H groups in total. The Morgan fingerprint density at radius 3 is 2.29 bits per heavy atom. The molecular weight excluding hydrogens is 358 g/mol. The van der Waals surface area contributed by atoms with Crippen LogP contribution in [-0.2, 0) is 9.53 Å². The Balaban J connectivity index is 2.03. The van der Waals surface area contributed by atoms with Gasteiger partial charge in [0.25, 0.3) is 5.91 Å². The van der Waals surface area contributed by atoms with Crippen molar-refractivity contribution in [2.24, 2.45) is 0 Å². The minimum atomic E-state index is -0.682. The highest BCUT2D eigenvalue weighted by Crippen LogP contribution is 2.17. The Kier molecular flexibility index (Phi) is 7.56. The number of urea groups is 1. The number of anilines is 2. The highest BCUT2D eigenvalue weighted by Gasteiger charge is 2.19. The molecule has 0 unspecified atom stereocenters. The molecule has 0 atom stereocenters. The Hall–Kier alpha value is -3.35. The van der Waals surface area contributed by atoms with Gasteiger partial charge in [0.2, 0.25) is 0 Å². The van der Waals surface area contributed by atoms with Crippen molar-refractivity contribution in [3.05, 3.63) is 60.2 Å². The van der Waals surface area contributed by atoms with Crippen LogP contribution in [0, 0.1) is 0 Å². The average Bonchev–Trinajstić information content (AvgIpc) is 2.67. The molecule has 0 saturated carbocycles. The third-order valence-electron chi connectivity index (χ3n) is 3.83. The second-order valence-electron chi connectivity index (χ2n) is 6.35. The number of carbonyl (C=O) groups is 3. The third kappa shape index (κ3) is 5.84. The Morgan fingerprint density at radius 1 is 1.00 bits per heavy atom. The van der Waals surface area contributed by atoms with Gasteiger partial charge in [0.15, 0.2) is 6.61 Å². The highest BCUT2D eigenvalue weighted by molar-refractivity contribution is 6.02. The van der Waals surface area contributed by atoms with Crippen LogP contribution in [0.25, 0.3) is 0 Å². The van der Waals surface area contributed by atoms with Gasteiger partial charge in [-0.3, -0.25) is 4.79 Å². The summed E-state index contributed by atoms with van der Waals surface area (Å²) in [6.07, 6.45) is 0. The number of ether oxygens (including phenoxy) is 1. The van der Waals surface area contributed by atoms with Gasteiger partial charge in [-0.15, -0.1) is 0 Å². The number of esters is 1. The number of nitrogens with one attached hydrogen (secondary N) is 2. The van der Waals surface area contributed by atoms with Gasteiger partial charge in [-0.1, -0.05) is 30.3 Å². The number of nitrogens with zero attached hydrogens (tertiary/aromatic N) is 1. The monoisotopic (exact) mass is 383 g/mol. The van der Waals surface area contributed by atoms with Crippen LogP contribution >= 0.6 is 0 Å². The number of carbonyl (C=O) groups excluding carboxylic acids is 3. The quantitative estimate of drug-likeness (QED) is 0.717. The summed E-state index contributed by atoms with van der Waals surface area (Å²) < 4.78 is 5.20. The van der Waals surface area contributed by atoms with E-state index in [9.17, 15) is 14.4 Å². The van der Waals surface area contributed by atoms with Crippen LogP contribution in [0.1, 0.15) is 31.1 Å². The number of para-hydroxylation sites is 2. The fraction of sp³-hybridized carbons (Fsp3) is 0.286. The molecule has 3 amide bonds. The first-order chi connectivity index (χ1) is 13.4. The topological polar surface area (TPSA) is 87.7 Å². The van der Waals surface area contributed by atoms with E-state index in [1.165, 1.54) is 11.0 Å².